The summed E-state index contributed by atoms with van der Waals surface area (Å²) in [7, 11) is 0. The number of esters is 1. The first-order chi connectivity index (χ1) is 11.2. The number of carbonyl (C=O) groups is 1. The van der Waals surface area contributed by atoms with Crippen LogP contribution in [0.4, 0.5) is 5.69 Å². The maximum Gasteiger partial charge on any atom is 0.343 e. The van der Waals surface area contributed by atoms with Gasteiger partial charge in [-0.05, 0) is 42.7 Å². The average molecular weight is 307 g/mol. The van der Waals surface area contributed by atoms with Crippen LogP contribution in [0.2, 0.25) is 0 Å². The predicted octanol–water partition coefficient (Wildman–Crippen LogP) is 5.58. The van der Waals surface area contributed by atoms with E-state index >= 15 is 0 Å². The van der Waals surface area contributed by atoms with Crippen molar-refractivity contribution in [2.75, 3.05) is 0 Å². The largest absolute Gasteiger partial charge is 0.423 e. The summed E-state index contributed by atoms with van der Waals surface area (Å²) >= 11 is 0. The molecule has 0 bridgehead atoms. The van der Waals surface area contributed by atoms with Gasteiger partial charge in [0, 0.05) is 0 Å². The van der Waals surface area contributed by atoms with Gasteiger partial charge in [0.2, 0.25) is 0 Å². The Hall–Kier alpha value is -2.60. The molecule has 0 aliphatic heterocycles. The Bertz CT molecular complexity index is 666. The maximum absolute atomic E-state index is 12.1. The van der Waals surface area contributed by atoms with Crippen molar-refractivity contribution in [3.63, 3.8) is 0 Å². The van der Waals surface area contributed by atoms with Crippen molar-refractivity contribution < 1.29 is 9.53 Å². The molecule has 0 saturated heterocycles. The number of benzene rings is 2. The number of rotatable bonds is 7. The second kappa shape index (κ2) is 8.75. The highest BCUT2D eigenvalue weighted by molar-refractivity contribution is 5.91. The monoisotopic (exact) mass is 307 g/mol. The Morgan fingerprint density at radius 3 is 2.30 bits per heavy atom. The van der Waals surface area contributed by atoms with Crippen molar-refractivity contribution in [3.8, 4) is 5.75 Å². The molecule has 2 aromatic carbocycles. The molecule has 2 aromatic rings. The summed E-state index contributed by atoms with van der Waals surface area (Å²) < 4.78 is 5.31. The first-order valence-electron chi connectivity index (χ1n) is 8.01. The number of ether oxygens (including phenoxy) is 1. The SMILES string of the molecule is [C-]#[N+]c1ccc(OC(=O)c2ccc(CCCCCC)cc2)cc1. The minimum absolute atomic E-state index is 0.377. The van der Waals surface area contributed by atoms with E-state index in [0.29, 0.717) is 17.0 Å². The normalized spacial score (nSPS) is 10.1. The van der Waals surface area contributed by atoms with Crippen LogP contribution in [0.15, 0.2) is 48.5 Å². The summed E-state index contributed by atoms with van der Waals surface area (Å²) in [4.78, 5) is 15.4. The lowest BCUT2D eigenvalue weighted by Gasteiger charge is -2.06. The highest BCUT2D eigenvalue weighted by Gasteiger charge is 2.08. The molecule has 2 rings (SSSR count). The number of carbonyl (C=O) groups excluding carboxylic acids is 1. The first-order valence-corrected chi connectivity index (χ1v) is 8.01. The van der Waals surface area contributed by atoms with Crippen LogP contribution in [0.25, 0.3) is 4.85 Å². The molecular formula is C20H21NO2. The van der Waals surface area contributed by atoms with Crippen LogP contribution in [0, 0.1) is 6.57 Å². The first kappa shape index (κ1) is 16.8. The zero-order chi connectivity index (χ0) is 16.5. The molecule has 0 N–H and O–H groups in total. The van der Waals surface area contributed by atoms with Crippen LogP contribution < -0.4 is 4.74 Å². The zero-order valence-electron chi connectivity index (χ0n) is 13.4. The van der Waals surface area contributed by atoms with E-state index in [4.69, 9.17) is 11.3 Å². The van der Waals surface area contributed by atoms with Crippen LogP contribution in [0.3, 0.4) is 0 Å². The van der Waals surface area contributed by atoms with Gasteiger partial charge in [0.15, 0.2) is 5.69 Å². The van der Waals surface area contributed by atoms with Gasteiger partial charge in [-0.1, -0.05) is 50.5 Å². The highest BCUT2D eigenvalue weighted by Crippen LogP contribution is 2.19. The van der Waals surface area contributed by atoms with Gasteiger partial charge in [-0.2, -0.15) is 0 Å². The highest BCUT2D eigenvalue weighted by atomic mass is 16.5. The van der Waals surface area contributed by atoms with Gasteiger partial charge in [0.1, 0.15) is 5.75 Å². The lowest BCUT2D eigenvalue weighted by molar-refractivity contribution is 0.0735. The fraction of sp³-hybridized carbons (Fsp3) is 0.300. The van der Waals surface area contributed by atoms with Crippen molar-refractivity contribution >= 4 is 11.7 Å². The quantitative estimate of drug-likeness (QED) is 0.289. The minimum Gasteiger partial charge on any atom is -0.423 e. The van der Waals surface area contributed by atoms with Crippen molar-refractivity contribution in [2.45, 2.75) is 39.0 Å². The predicted molar refractivity (Wildman–Crippen MR) is 92.0 cm³/mol. The minimum atomic E-state index is -0.377. The molecule has 0 atom stereocenters. The fourth-order valence-electron chi connectivity index (χ4n) is 2.32. The van der Waals surface area contributed by atoms with E-state index in [2.05, 4.69) is 11.8 Å². The van der Waals surface area contributed by atoms with Crippen molar-refractivity contribution in [1.29, 1.82) is 0 Å². The second-order valence-corrected chi connectivity index (χ2v) is 5.50. The molecule has 23 heavy (non-hydrogen) atoms. The summed E-state index contributed by atoms with van der Waals surface area (Å²) in [5.74, 6) is 0.0733. The van der Waals surface area contributed by atoms with Crippen LogP contribution in [0.5, 0.6) is 5.75 Å². The van der Waals surface area contributed by atoms with E-state index < -0.39 is 0 Å². The lowest BCUT2D eigenvalue weighted by atomic mass is 10.0. The molecule has 0 aliphatic rings. The number of nitrogens with zero attached hydrogens (tertiary/aromatic N) is 1. The molecule has 0 saturated carbocycles. The summed E-state index contributed by atoms with van der Waals surface area (Å²) in [6.07, 6.45) is 6.00. The second-order valence-electron chi connectivity index (χ2n) is 5.50. The van der Waals surface area contributed by atoms with Gasteiger partial charge in [0.25, 0.3) is 0 Å². The van der Waals surface area contributed by atoms with E-state index in [1.54, 1.807) is 24.3 Å². The smallest absolute Gasteiger partial charge is 0.343 e. The molecule has 0 aliphatic carbocycles. The Labute approximate surface area is 137 Å². The van der Waals surface area contributed by atoms with E-state index in [1.165, 1.54) is 31.2 Å². The van der Waals surface area contributed by atoms with E-state index in [1.807, 2.05) is 24.3 Å². The van der Waals surface area contributed by atoms with Crippen LogP contribution >= 0.6 is 0 Å². The Morgan fingerprint density at radius 2 is 1.70 bits per heavy atom. The van der Waals surface area contributed by atoms with Gasteiger partial charge in [-0.25, -0.2) is 9.64 Å². The Kier molecular flexibility index (Phi) is 6.38. The molecule has 3 nitrogen and oxygen atoms in total. The third kappa shape index (κ3) is 5.27. The Balaban J connectivity index is 1.90. The van der Waals surface area contributed by atoms with Crippen molar-refractivity contribution in [1.82, 2.24) is 0 Å². The molecule has 3 heteroatoms. The Morgan fingerprint density at radius 1 is 1.00 bits per heavy atom. The van der Waals surface area contributed by atoms with Crippen molar-refractivity contribution in [2.24, 2.45) is 0 Å². The standard InChI is InChI=1S/C20H21NO2/c1-3-4-5-6-7-16-8-10-17(11-9-16)20(22)23-19-14-12-18(21-2)13-15-19/h8-15H,3-7H2,1H3. The molecule has 0 fully saturated rings. The number of hydrogen-bond donors (Lipinski definition) is 0. The maximum atomic E-state index is 12.1. The lowest BCUT2D eigenvalue weighted by Crippen LogP contribution is -2.08. The van der Waals surface area contributed by atoms with Crippen molar-refractivity contribution in [3.05, 3.63) is 71.1 Å². The molecule has 0 heterocycles. The molecule has 0 radical (unpaired) electrons. The molecule has 118 valence electrons. The van der Waals surface area contributed by atoms with E-state index in [9.17, 15) is 4.79 Å². The summed E-state index contributed by atoms with van der Waals surface area (Å²) in [5, 5.41) is 0. The molecule has 0 aromatic heterocycles. The number of aryl methyl sites for hydroxylation is 1. The van der Waals surface area contributed by atoms with Crippen LogP contribution in [-0.4, -0.2) is 5.97 Å². The summed E-state index contributed by atoms with van der Waals surface area (Å²) in [6.45, 7) is 9.10. The average Bonchev–Trinajstić information content (AvgIpc) is 2.60. The topological polar surface area (TPSA) is 30.7 Å². The molecule has 0 spiro atoms. The van der Waals surface area contributed by atoms with Gasteiger partial charge < -0.3 is 4.74 Å². The summed E-state index contributed by atoms with van der Waals surface area (Å²) in [6, 6.07) is 14.1. The number of hydrogen-bond acceptors (Lipinski definition) is 2. The third-order valence-corrected chi connectivity index (χ3v) is 3.69. The third-order valence-electron chi connectivity index (χ3n) is 3.69. The van der Waals surface area contributed by atoms with E-state index in [-0.39, 0.29) is 5.97 Å². The van der Waals surface area contributed by atoms with Gasteiger partial charge in [-0.15, -0.1) is 0 Å². The summed E-state index contributed by atoms with van der Waals surface area (Å²) in [5.41, 5.74) is 2.31. The van der Waals surface area contributed by atoms with Gasteiger partial charge in [-0.3, -0.25) is 0 Å². The van der Waals surface area contributed by atoms with Gasteiger partial charge in [0.05, 0.1) is 12.1 Å². The molecule has 0 amide bonds. The van der Waals surface area contributed by atoms with Crippen LogP contribution in [-0.2, 0) is 6.42 Å². The molecular weight excluding hydrogens is 286 g/mol. The van der Waals surface area contributed by atoms with Crippen LogP contribution in [0.1, 0.15) is 48.5 Å². The fourth-order valence-corrected chi connectivity index (χ4v) is 2.32. The zero-order valence-corrected chi connectivity index (χ0v) is 13.4. The van der Waals surface area contributed by atoms with Gasteiger partial charge >= 0.3 is 5.97 Å². The van der Waals surface area contributed by atoms with E-state index in [0.717, 1.165) is 6.42 Å². The molecule has 0 unspecified atom stereocenters. The number of unbranched alkanes of at least 4 members (excludes halogenated alkanes) is 3.